The van der Waals surface area contributed by atoms with Crippen LogP contribution < -0.4 is 4.90 Å². The van der Waals surface area contributed by atoms with Crippen LogP contribution in [0.2, 0.25) is 5.02 Å². The maximum atomic E-state index is 12.6. The van der Waals surface area contributed by atoms with E-state index in [1.54, 1.807) is 30.5 Å². The largest absolute Gasteiger partial charge is 0.391 e. The number of halogens is 1. The number of rotatable bonds is 4. The fourth-order valence-electron chi connectivity index (χ4n) is 3.47. The molecular formula is C19H21ClN4O3S. The molecule has 3 aromatic rings. The Bertz CT molecular complexity index is 1140. The minimum Gasteiger partial charge on any atom is -0.391 e. The van der Waals surface area contributed by atoms with E-state index in [-0.39, 0.29) is 11.0 Å². The first-order valence-corrected chi connectivity index (χ1v) is 10.7. The molecule has 28 heavy (non-hydrogen) atoms. The molecule has 1 aromatic carbocycles. The van der Waals surface area contributed by atoms with Crippen molar-refractivity contribution in [2.45, 2.75) is 17.4 Å². The molecule has 1 atom stereocenters. The lowest BCUT2D eigenvalue weighted by atomic mass is 10.1. The number of aromatic amines is 1. The average Bonchev–Trinajstić information content (AvgIpc) is 3.26. The minimum atomic E-state index is -3.58. The van der Waals surface area contributed by atoms with Crippen LogP contribution in [0.25, 0.3) is 22.3 Å². The molecule has 4 rings (SSSR count). The SMILES string of the molecule is CN(C)S(=O)(=O)c1ccc(N2CC[C@H](O)C2)c(-c2cc3ncc(Cl)cc3[nH]2)c1. The second-order valence-electron chi connectivity index (χ2n) is 7.12. The third-order valence-electron chi connectivity index (χ3n) is 4.98. The maximum Gasteiger partial charge on any atom is 0.242 e. The molecule has 0 saturated carbocycles. The van der Waals surface area contributed by atoms with Crippen LogP contribution in [0.3, 0.4) is 0 Å². The van der Waals surface area contributed by atoms with Crippen molar-refractivity contribution in [2.75, 3.05) is 32.1 Å². The lowest BCUT2D eigenvalue weighted by Gasteiger charge is -2.22. The molecule has 7 nitrogen and oxygen atoms in total. The zero-order chi connectivity index (χ0) is 20.1. The number of nitrogens with one attached hydrogen (secondary N) is 1. The number of nitrogens with zero attached hydrogens (tertiary/aromatic N) is 3. The molecule has 1 fully saturated rings. The van der Waals surface area contributed by atoms with E-state index in [1.807, 2.05) is 6.07 Å². The van der Waals surface area contributed by atoms with Gasteiger partial charge in [0.1, 0.15) is 0 Å². The Morgan fingerprint density at radius 3 is 2.75 bits per heavy atom. The Labute approximate surface area is 168 Å². The van der Waals surface area contributed by atoms with Gasteiger partial charge in [-0.2, -0.15) is 0 Å². The number of hydrogen-bond donors (Lipinski definition) is 2. The minimum absolute atomic E-state index is 0.209. The van der Waals surface area contributed by atoms with Crippen molar-refractivity contribution >= 4 is 38.3 Å². The van der Waals surface area contributed by atoms with Crippen LogP contribution in [0.15, 0.2) is 41.4 Å². The van der Waals surface area contributed by atoms with Crippen molar-refractivity contribution in [3.8, 4) is 11.3 Å². The van der Waals surface area contributed by atoms with Crippen molar-refractivity contribution in [2.24, 2.45) is 0 Å². The standard InChI is InChI=1S/C19H21ClN4O3S/c1-23(2)28(26,27)14-3-4-19(24-6-5-13(25)11-24)15(8-14)16-9-17-18(22-16)7-12(20)10-21-17/h3-4,7-10,13,22,25H,5-6,11H2,1-2H3/t13-/m0/s1. The number of aromatic nitrogens is 2. The molecule has 0 amide bonds. The number of β-amino-alcohol motifs (C(OH)–C–C–N with tert-alkyl or cyclic N) is 1. The molecule has 2 N–H and O–H groups in total. The molecule has 1 saturated heterocycles. The Morgan fingerprint density at radius 2 is 2.07 bits per heavy atom. The van der Waals surface area contributed by atoms with Crippen LogP contribution in [-0.2, 0) is 10.0 Å². The molecule has 1 aliphatic heterocycles. The lowest BCUT2D eigenvalue weighted by molar-refractivity contribution is 0.198. The van der Waals surface area contributed by atoms with Gasteiger partial charge in [-0.1, -0.05) is 11.6 Å². The van der Waals surface area contributed by atoms with Gasteiger partial charge in [0.2, 0.25) is 10.0 Å². The number of fused-ring (bicyclic) bond motifs is 1. The van der Waals surface area contributed by atoms with Gasteiger partial charge in [-0.15, -0.1) is 0 Å². The summed E-state index contributed by atoms with van der Waals surface area (Å²) in [6.07, 6.45) is 1.87. The van der Waals surface area contributed by atoms with Gasteiger partial charge in [-0.3, -0.25) is 4.98 Å². The van der Waals surface area contributed by atoms with E-state index in [2.05, 4.69) is 14.9 Å². The van der Waals surface area contributed by atoms with Crippen molar-refractivity contribution in [1.82, 2.24) is 14.3 Å². The van der Waals surface area contributed by atoms with Gasteiger partial charge in [0.25, 0.3) is 0 Å². The molecule has 0 spiro atoms. The lowest BCUT2D eigenvalue weighted by Crippen LogP contribution is -2.24. The summed E-state index contributed by atoms with van der Waals surface area (Å²) in [6.45, 7) is 1.22. The van der Waals surface area contributed by atoms with Crippen LogP contribution >= 0.6 is 11.6 Å². The average molecular weight is 421 g/mol. The summed E-state index contributed by atoms with van der Waals surface area (Å²) in [5, 5.41) is 10.5. The molecule has 9 heteroatoms. The molecule has 0 aliphatic carbocycles. The van der Waals surface area contributed by atoms with Gasteiger partial charge in [0.15, 0.2) is 0 Å². The first kappa shape index (κ1) is 19.2. The van der Waals surface area contributed by atoms with Crippen molar-refractivity contribution < 1.29 is 13.5 Å². The number of pyridine rings is 1. The van der Waals surface area contributed by atoms with Crippen LogP contribution in [0.5, 0.6) is 0 Å². The second kappa shape index (κ2) is 7.04. The van der Waals surface area contributed by atoms with Crippen LogP contribution in [0.4, 0.5) is 5.69 Å². The summed E-state index contributed by atoms with van der Waals surface area (Å²) < 4.78 is 26.5. The molecule has 3 heterocycles. The third-order valence-corrected chi connectivity index (χ3v) is 6.99. The maximum absolute atomic E-state index is 12.6. The molecule has 0 bridgehead atoms. The molecule has 0 unspecified atom stereocenters. The highest BCUT2D eigenvalue weighted by molar-refractivity contribution is 7.89. The van der Waals surface area contributed by atoms with E-state index in [1.165, 1.54) is 18.4 Å². The van der Waals surface area contributed by atoms with E-state index in [0.717, 1.165) is 28.0 Å². The molecule has 2 aromatic heterocycles. The van der Waals surface area contributed by atoms with Crippen molar-refractivity contribution in [3.63, 3.8) is 0 Å². The van der Waals surface area contributed by atoms with Gasteiger partial charge in [-0.05, 0) is 36.8 Å². The molecule has 0 radical (unpaired) electrons. The van der Waals surface area contributed by atoms with E-state index in [0.29, 0.717) is 24.5 Å². The summed E-state index contributed by atoms with van der Waals surface area (Å²) in [7, 11) is -0.563. The van der Waals surface area contributed by atoms with E-state index in [9.17, 15) is 13.5 Å². The van der Waals surface area contributed by atoms with Crippen molar-refractivity contribution in [1.29, 1.82) is 0 Å². The van der Waals surface area contributed by atoms with Crippen LogP contribution in [0, 0.1) is 0 Å². The summed E-state index contributed by atoms with van der Waals surface area (Å²) in [4.78, 5) is 9.89. The van der Waals surface area contributed by atoms with E-state index in [4.69, 9.17) is 11.6 Å². The van der Waals surface area contributed by atoms with Crippen molar-refractivity contribution in [3.05, 3.63) is 41.6 Å². The molecule has 148 valence electrons. The highest BCUT2D eigenvalue weighted by atomic mass is 35.5. The number of aliphatic hydroxyl groups excluding tert-OH is 1. The Kier molecular flexibility index (Phi) is 4.83. The normalized spacial score (nSPS) is 17.8. The third kappa shape index (κ3) is 3.37. The van der Waals surface area contributed by atoms with Crippen LogP contribution in [-0.4, -0.2) is 61.1 Å². The van der Waals surface area contributed by atoms with Gasteiger partial charge >= 0.3 is 0 Å². The van der Waals surface area contributed by atoms with Gasteiger partial charge < -0.3 is 15.0 Å². The topological polar surface area (TPSA) is 89.5 Å². The number of anilines is 1. The second-order valence-corrected chi connectivity index (χ2v) is 9.71. The molecular weight excluding hydrogens is 400 g/mol. The predicted octanol–water partition coefficient (Wildman–Crippen LogP) is 2.70. The summed E-state index contributed by atoms with van der Waals surface area (Å²) in [5.74, 6) is 0. The molecule has 1 aliphatic rings. The number of aliphatic hydroxyl groups is 1. The van der Waals surface area contributed by atoms with Gasteiger partial charge in [0, 0.05) is 44.6 Å². The quantitative estimate of drug-likeness (QED) is 0.677. The fourth-order valence-corrected chi connectivity index (χ4v) is 4.55. The number of benzene rings is 1. The number of sulfonamides is 1. The van der Waals surface area contributed by atoms with Gasteiger partial charge in [-0.25, -0.2) is 12.7 Å². The Hall–Kier alpha value is -2.13. The monoisotopic (exact) mass is 420 g/mol. The highest BCUT2D eigenvalue weighted by Gasteiger charge is 2.26. The Morgan fingerprint density at radius 1 is 1.29 bits per heavy atom. The number of hydrogen-bond acceptors (Lipinski definition) is 5. The first-order valence-electron chi connectivity index (χ1n) is 8.90. The predicted molar refractivity (Wildman–Crippen MR) is 110 cm³/mol. The summed E-state index contributed by atoms with van der Waals surface area (Å²) in [6, 6.07) is 8.74. The van der Waals surface area contributed by atoms with Crippen LogP contribution in [0.1, 0.15) is 6.42 Å². The zero-order valence-corrected chi connectivity index (χ0v) is 17.1. The fraction of sp³-hybridized carbons (Fsp3) is 0.316. The number of H-pyrrole nitrogens is 1. The van der Waals surface area contributed by atoms with E-state index < -0.39 is 10.0 Å². The highest BCUT2D eigenvalue weighted by Crippen LogP contribution is 2.36. The smallest absolute Gasteiger partial charge is 0.242 e. The first-order chi connectivity index (χ1) is 13.3. The zero-order valence-electron chi connectivity index (χ0n) is 15.6. The summed E-state index contributed by atoms with van der Waals surface area (Å²) >= 11 is 6.04. The Balaban J connectivity index is 1.90. The summed E-state index contributed by atoms with van der Waals surface area (Å²) in [5.41, 5.74) is 3.87. The van der Waals surface area contributed by atoms with Gasteiger partial charge in [0.05, 0.1) is 32.7 Å². The van der Waals surface area contributed by atoms with E-state index >= 15 is 0 Å².